The number of carbonyl (C=O) groups excluding carboxylic acids is 2. The van der Waals surface area contributed by atoms with Crippen molar-refractivity contribution in [1.29, 1.82) is 5.41 Å². The van der Waals surface area contributed by atoms with Crippen molar-refractivity contribution in [1.82, 2.24) is 20.4 Å². The molecule has 216 valence electrons. The highest BCUT2D eigenvalue weighted by molar-refractivity contribution is 6.08. The van der Waals surface area contributed by atoms with Gasteiger partial charge in [-0.1, -0.05) is 42.5 Å². The van der Waals surface area contributed by atoms with Crippen LogP contribution in [-0.4, -0.2) is 34.5 Å². The number of benzene rings is 3. The summed E-state index contributed by atoms with van der Waals surface area (Å²) < 4.78 is 62.1. The molecule has 1 aliphatic rings. The maximum atomic E-state index is 15.2. The van der Waals surface area contributed by atoms with E-state index < -0.39 is 40.8 Å². The molecule has 1 atom stereocenters. The zero-order chi connectivity index (χ0) is 29.9. The van der Waals surface area contributed by atoms with Gasteiger partial charge < -0.3 is 10.1 Å². The molecule has 1 amide bonds. The minimum absolute atomic E-state index is 0.0428. The number of aromatic nitrogens is 2. The van der Waals surface area contributed by atoms with Crippen LogP contribution in [0.25, 0.3) is 5.69 Å². The molecule has 0 spiro atoms. The Morgan fingerprint density at radius 1 is 1.02 bits per heavy atom. The molecule has 0 radical (unpaired) electrons. The van der Waals surface area contributed by atoms with Crippen LogP contribution in [0.1, 0.15) is 51.8 Å². The first-order valence-electron chi connectivity index (χ1n) is 13.0. The Balaban J connectivity index is 1.55. The minimum Gasteiger partial charge on any atom is -0.410 e. The van der Waals surface area contributed by atoms with E-state index in [0.717, 1.165) is 35.7 Å². The first kappa shape index (κ1) is 28.7. The van der Waals surface area contributed by atoms with Crippen LogP contribution in [0.4, 0.5) is 22.4 Å². The fourth-order valence-corrected chi connectivity index (χ4v) is 4.47. The van der Waals surface area contributed by atoms with Gasteiger partial charge >= 0.3 is 12.3 Å². The van der Waals surface area contributed by atoms with Crippen molar-refractivity contribution in [3.63, 3.8) is 0 Å². The van der Waals surface area contributed by atoms with Crippen LogP contribution in [0.5, 0.6) is 5.75 Å². The van der Waals surface area contributed by atoms with E-state index in [1.165, 1.54) is 30.3 Å². The van der Waals surface area contributed by atoms with Gasteiger partial charge in [-0.05, 0) is 60.7 Å². The minimum atomic E-state index is -4.90. The summed E-state index contributed by atoms with van der Waals surface area (Å²) in [5.74, 6) is -1.47. The molecule has 0 aliphatic heterocycles. The molecule has 0 saturated heterocycles. The molecule has 12 heteroatoms. The second kappa shape index (κ2) is 12.0. The first-order chi connectivity index (χ1) is 20.1. The summed E-state index contributed by atoms with van der Waals surface area (Å²) in [5, 5.41) is 16.0. The van der Waals surface area contributed by atoms with Gasteiger partial charge in [0, 0.05) is 12.1 Å². The summed E-state index contributed by atoms with van der Waals surface area (Å²) in [4.78, 5) is 25.4. The third kappa shape index (κ3) is 6.55. The maximum absolute atomic E-state index is 15.2. The smallest absolute Gasteiger partial charge is 0.410 e. The number of nitrogens with one attached hydrogen (secondary N) is 3. The lowest BCUT2D eigenvalue weighted by Crippen LogP contribution is -2.25. The van der Waals surface area contributed by atoms with Gasteiger partial charge in [-0.15, -0.1) is 0 Å². The van der Waals surface area contributed by atoms with E-state index in [1.54, 1.807) is 6.07 Å². The predicted octanol–water partition coefficient (Wildman–Crippen LogP) is 6.05. The zero-order valence-electron chi connectivity index (χ0n) is 22.0. The summed E-state index contributed by atoms with van der Waals surface area (Å²) in [6, 6.07) is 18.9. The molecule has 1 fully saturated rings. The molecule has 1 heterocycles. The highest BCUT2D eigenvalue weighted by Crippen LogP contribution is 2.33. The summed E-state index contributed by atoms with van der Waals surface area (Å²) in [7, 11) is 0. The van der Waals surface area contributed by atoms with E-state index in [0.29, 0.717) is 23.9 Å². The van der Waals surface area contributed by atoms with Gasteiger partial charge in [-0.3, -0.25) is 15.5 Å². The molecule has 1 aliphatic carbocycles. The van der Waals surface area contributed by atoms with Crippen molar-refractivity contribution in [3.05, 3.63) is 113 Å². The van der Waals surface area contributed by atoms with Crippen LogP contribution in [0, 0.1) is 17.1 Å². The molecule has 8 nitrogen and oxygen atoms in total. The Hall–Kier alpha value is -4.84. The Bertz CT molecular complexity index is 1620. The Kier molecular flexibility index (Phi) is 8.16. The standard InChI is InChI=1S/C30H25F4N5O3/c31-24-12-11-20(27(36-16-18-9-10-18)19-5-2-1-3-6-19)13-23(24)28(40)25-15-26(30(32,33)34)38-39(25)21-7-4-8-22(14-21)42-29(41)37-17-35/h1-8,11-15,17-18,27,36H,9-10,16H2,(H2,35,37,41). The molecular weight excluding hydrogens is 554 g/mol. The normalized spacial score (nSPS) is 13.8. The number of hydrogen-bond donors (Lipinski definition) is 3. The number of ketones is 1. The molecule has 0 bridgehead atoms. The average molecular weight is 580 g/mol. The van der Waals surface area contributed by atoms with Gasteiger partial charge in [-0.25, -0.2) is 13.9 Å². The van der Waals surface area contributed by atoms with Gasteiger partial charge in [0.15, 0.2) is 5.69 Å². The Morgan fingerprint density at radius 3 is 2.48 bits per heavy atom. The second-order valence-electron chi connectivity index (χ2n) is 9.76. The van der Waals surface area contributed by atoms with Crippen molar-refractivity contribution in [2.45, 2.75) is 25.1 Å². The van der Waals surface area contributed by atoms with Gasteiger partial charge in [0.2, 0.25) is 5.78 Å². The Labute approximate surface area is 237 Å². The van der Waals surface area contributed by atoms with Crippen molar-refractivity contribution in [3.8, 4) is 11.4 Å². The van der Waals surface area contributed by atoms with Crippen molar-refractivity contribution >= 4 is 18.2 Å². The number of carbonyl (C=O) groups is 2. The number of halogens is 4. The van der Waals surface area contributed by atoms with E-state index in [4.69, 9.17) is 10.1 Å². The number of ether oxygens (including phenoxy) is 1. The van der Waals surface area contributed by atoms with E-state index in [9.17, 15) is 22.8 Å². The number of nitrogens with zero attached hydrogens (tertiary/aromatic N) is 2. The topological polar surface area (TPSA) is 109 Å². The van der Waals surface area contributed by atoms with Gasteiger partial charge in [0.1, 0.15) is 17.3 Å². The highest BCUT2D eigenvalue weighted by Gasteiger charge is 2.37. The van der Waals surface area contributed by atoms with Crippen molar-refractivity contribution < 1.29 is 31.9 Å². The molecule has 4 aromatic rings. The molecule has 42 heavy (non-hydrogen) atoms. The van der Waals surface area contributed by atoms with Crippen LogP contribution >= 0.6 is 0 Å². The third-order valence-electron chi connectivity index (χ3n) is 6.70. The SMILES string of the molecule is N=CNC(=O)Oc1cccc(-n2nc(C(F)(F)F)cc2C(=O)c2cc(C(NCC3CC3)c3ccccc3)ccc2F)c1. The molecule has 5 rings (SSSR count). The quantitative estimate of drug-likeness (QED) is 0.0918. The average Bonchev–Trinajstić information content (AvgIpc) is 3.68. The number of rotatable bonds is 10. The summed E-state index contributed by atoms with van der Waals surface area (Å²) in [5.41, 5.74) is -0.906. The van der Waals surface area contributed by atoms with E-state index in [-0.39, 0.29) is 17.5 Å². The van der Waals surface area contributed by atoms with Crippen LogP contribution in [0.2, 0.25) is 0 Å². The van der Waals surface area contributed by atoms with Crippen LogP contribution in [-0.2, 0) is 6.18 Å². The monoisotopic (exact) mass is 579 g/mol. The molecule has 1 aromatic heterocycles. The first-order valence-corrected chi connectivity index (χ1v) is 13.0. The maximum Gasteiger partial charge on any atom is 0.435 e. The third-order valence-corrected chi connectivity index (χ3v) is 6.70. The summed E-state index contributed by atoms with van der Waals surface area (Å²) in [6.45, 7) is 0.720. The zero-order valence-corrected chi connectivity index (χ0v) is 22.0. The number of amides is 1. The summed E-state index contributed by atoms with van der Waals surface area (Å²) in [6.07, 6.45) is -3.10. The van der Waals surface area contributed by atoms with Crippen LogP contribution in [0.15, 0.2) is 78.9 Å². The van der Waals surface area contributed by atoms with E-state index >= 15 is 4.39 Å². The lowest BCUT2D eigenvalue weighted by Gasteiger charge is -2.21. The van der Waals surface area contributed by atoms with Crippen molar-refractivity contribution in [2.24, 2.45) is 5.92 Å². The molecule has 1 saturated carbocycles. The highest BCUT2D eigenvalue weighted by atomic mass is 19.4. The lowest BCUT2D eigenvalue weighted by molar-refractivity contribution is -0.141. The molecule has 3 aromatic carbocycles. The molecule has 3 N–H and O–H groups in total. The predicted molar refractivity (Wildman–Crippen MR) is 145 cm³/mol. The fourth-order valence-electron chi connectivity index (χ4n) is 4.47. The van der Waals surface area contributed by atoms with Gasteiger partial charge in [-0.2, -0.15) is 18.3 Å². The van der Waals surface area contributed by atoms with Crippen molar-refractivity contribution in [2.75, 3.05) is 6.54 Å². The van der Waals surface area contributed by atoms with E-state index in [1.807, 2.05) is 35.6 Å². The second-order valence-corrected chi connectivity index (χ2v) is 9.76. The fraction of sp³-hybridized carbons (Fsp3) is 0.200. The van der Waals surface area contributed by atoms with Crippen LogP contribution in [0.3, 0.4) is 0 Å². The largest absolute Gasteiger partial charge is 0.435 e. The number of hydrogen-bond acceptors (Lipinski definition) is 6. The van der Waals surface area contributed by atoms with Gasteiger partial charge in [0.05, 0.1) is 23.6 Å². The lowest BCUT2D eigenvalue weighted by atomic mass is 9.95. The molecule has 1 unspecified atom stereocenters. The number of alkyl halides is 3. The van der Waals surface area contributed by atoms with E-state index in [2.05, 4.69) is 10.4 Å². The molecular formula is C30H25F4N5O3. The Morgan fingerprint density at radius 2 is 1.79 bits per heavy atom. The van der Waals surface area contributed by atoms with Gasteiger partial charge in [0.25, 0.3) is 0 Å². The summed E-state index contributed by atoms with van der Waals surface area (Å²) >= 11 is 0. The van der Waals surface area contributed by atoms with Crippen LogP contribution < -0.4 is 15.4 Å².